The summed E-state index contributed by atoms with van der Waals surface area (Å²) in [5.74, 6) is -4.84. The van der Waals surface area contributed by atoms with Gasteiger partial charge < -0.3 is 10.2 Å². The van der Waals surface area contributed by atoms with E-state index in [9.17, 15) is 22.8 Å². The van der Waals surface area contributed by atoms with Gasteiger partial charge in [-0.2, -0.15) is 0 Å². The fraction of sp³-hybridized carbons (Fsp3) is 0.421. The second kappa shape index (κ2) is 8.04. The summed E-state index contributed by atoms with van der Waals surface area (Å²) >= 11 is 0. The van der Waals surface area contributed by atoms with Gasteiger partial charge in [0.1, 0.15) is 28.8 Å². The molecule has 2 heterocycles. The first-order chi connectivity index (χ1) is 12.8. The SMILES string of the molecule is CN1CCC(C(=O)C2=NC(NC(=O)c3c(F)cc(F)cc3F)=CCC2)CC1. The molecular weight excluding hydrogens is 359 g/mol. The first kappa shape index (κ1) is 19.3. The number of ketones is 1. The third kappa shape index (κ3) is 4.44. The van der Waals surface area contributed by atoms with Crippen LogP contribution < -0.4 is 5.32 Å². The molecule has 3 rings (SSSR count). The quantitative estimate of drug-likeness (QED) is 0.875. The lowest BCUT2D eigenvalue weighted by Gasteiger charge is -2.28. The largest absolute Gasteiger partial charge is 0.307 e. The monoisotopic (exact) mass is 379 g/mol. The number of Topliss-reactive ketones (excluding diaryl/α,β-unsaturated/α-hetero) is 1. The van der Waals surface area contributed by atoms with E-state index >= 15 is 0 Å². The molecule has 0 aliphatic carbocycles. The average molecular weight is 379 g/mol. The van der Waals surface area contributed by atoms with Gasteiger partial charge >= 0.3 is 0 Å². The van der Waals surface area contributed by atoms with Crippen LogP contribution in [0, 0.1) is 23.4 Å². The lowest BCUT2D eigenvalue weighted by Crippen LogP contribution is -2.37. The van der Waals surface area contributed by atoms with Crippen molar-refractivity contribution in [3.8, 4) is 0 Å². The predicted molar refractivity (Wildman–Crippen MR) is 93.8 cm³/mol. The summed E-state index contributed by atoms with van der Waals surface area (Å²) in [7, 11) is 2.00. The van der Waals surface area contributed by atoms with Gasteiger partial charge in [-0.25, -0.2) is 18.2 Å². The van der Waals surface area contributed by atoms with E-state index in [4.69, 9.17) is 0 Å². The van der Waals surface area contributed by atoms with Gasteiger partial charge in [0.15, 0.2) is 5.78 Å². The lowest BCUT2D eigenvalue weighted by molar-refractivity contribution is -0.117. The second-order valence-corrected chi connectivity index (χ2v) is 6.83. The van der Waals surface area contributed by atoms with Crippen molar-refractivity contribution in [3.63, 3.8) is 0 Å². The maximum absolute atomic E-state index is 13.7. The first-order valence-corrected chi connectivity index (χ1v) is 8.81. The van der Waals surface area contributed by atoms with Gasteiger partial charge in [0, 0.05) is 18.1 Å². The third-order valence-electron chi connectivity index (χ3n) is 4.82. The standard InChI is InChI=1S/C19H20F3N3O2/c1-25-7-5-11(6-8-25)18(26)15-3-2-4-16(23-15)24-19(27)17-13(21)9-12(20)10-14(17)22/h4,9-11H,2-3,5-8H2,1H3,(H,24,27). The molecule has 1 aromatic carbocycles. The number of hydrogen-bond acceptors (Lipinski definition) is 4. The van der Waals surface area contributed by atoms with Gasteiger partial charge in [-0.05, 0) is 51.9 Å². The zero-order valence-corrected chi connectivity index (χ0v) is 14.9. The van der Waals surface area contributed by atoms with Gasteiger partial charge in [-0.1, -0.05) is 0 Å². The van der Waals surface area contributed by atoms with E-state index < -0.39 is 28.9 Å². The van der Waals surface area contributed by atoms with Crippen molar-refractivity contribution in [3.05, 3.63) is 47.0 Å². The van der Waals surface area contributed by atoms with E-state index in [1.54, 1.807) is 6.08 Å². The minimum absolute atomic E-state index is 0.0397. The number of carbonyl (C=O) groups is 2. The minimum atomic E-state index is -1.30. The van der Waals surface area contributed by atoms with E-state index in [0.717, 1.165) is 25.9 Å². The van der Waals surface area contributed by atoms with E-state index in [0.29, 0.717) is 30.7 Å². The number of rotatable bonds is 4. The van der Waals surface area contributed by atoms with Gasteiger partial charge in [0.05, 0.1) is 5.71 Å². The molecule has 5 nitrogen and oxygen atoms in total. The van der Waals surface area contributed by atoms with Crippen molar-refractivity contribution in [2.75, 3.05) is 20.1 Å². The number of aliphatic imine (C=N–C) groups is 1. The van der Waals surface area contributed by atoms with Crippen molar-refractivity contribution >= 4 is 17.4 Å². The molecular formula is C19H20F3N3O2. The molecule has 0 saturated carbocycles. The number of piperidine rings is 1. The molecule has 0 atom stereocenters. The number of hydrogen-bond donors (Lipinski definition) is 1. The van der Waals surface area contributed by atoms with Crippen LogP contribution in [-0.4, -0.2) is 42.4 Å². The Morgan fingerprint density at radius 1 is 1.15 bits per heavy atom. The van der Waals surface area contributed by atoms with Crippen LogP contribution in [0.25, 0.3) is 0 Å². The van der Waals surface area contributed by atoms with Crippen LogP contribution in [-0.2, 0) is 4.79 Å². The summed E-state index contributed by atoms with van der Waals surface area (Å²) in [4.78, 5) is 31.2. The maximum atomic E-state index is 13.7. The highest BCUT2D eigenvalue weighted by molar-refractivity contribution is 6.41. The second-order valence-electron chi connectivity index (χ2n) is 6.83. The lowest BCUT2D eigenvalue weighted by atomic mass is 9.88. The maximum Gasteiger partial charge on any atom is 0.262 e. The van der Waals surface area contributed by atoms with Gasteiger partial charge in [0.25, 0.3) is 5.91 Å². The molecule has 1 fully saturated rings. The Balaban J connectivity index is 1.71. The van der Waals surface area contributed by atoms with Crippen LogP contribution in [0.2, 0.25) is 0 Å². The van der Waals surface area contributed by atoms with E-state index in [-0.39, 0.29) is 17.5 Å². The molecule has 2 aliphatic heterocycles. The van der Waals surface area contributed by atoms with Gasteiger partial charge in [-0.15, -0.1) is 0 Å². The molecule has 8 heteroatoms. The summed E-state index contributed by atoms with van der Waals surface area (Å²) in [5, 5.41) is 2.30. The number of allylic oxidation sites excluding steroid dienone is 1. The molecule has 0 spiro atoms. The van der Waals surface area contributed by atoms with E-state index in [1.165, 1.54) is 0 Å². The Morgan fingerprint density at radius 2 is 1.78 bits per heavy atom. The Bertz CT molecular complexity index is 804. The molecule has 1 saturated heterocycles. The van der Waals surface area contributed by atoms with Gasteiger partial charge in [0.2, 0.25) is 0 Å². The summed E-state index contributed by atoms with van der Waals surface area (Å²) in [6, 6.07) is 0.872. The van der Waals surface area contributed by atoms with Crippen molar-refractivity contribution in [1.29, 1.82) is 0 Å². The highest BCUT2D eigenvalue weighted by atomic mass is 19.1. The summed E-state index contributed by atoms with van der Waals surface area (Å²) in [5.41, 5.74) is -0.524. The number of nitrogens with zero attached hydrogens (tertiary/aromatic N) is 2. The molecule has 0 bridgehead atoms. The highest BCUT2D eigenvalue weighted by Gasteiger charge is 2.28. The van der Waals surface area contributed by atoms with Crippen molar-refractivity contribution in [2.24, 2.45) is 10.9 Å². The fourth-order valence-electron chi connectivity index (χ4n) is 3.29. The van der Waals surface area contributed by atoms with Crippen LogP contribution in [0.5, 0.6) is 0 Å². The van der Waals surface area contributed by atoms with Crippen molar-refractivity contribution in [2.45, 2.75) is 25.7 Å². The summed E-state index contributed by atoms with van der Waals surface area (Å²) in [6.07, 6.45) is 4.05. The van der Waals surface area contributed by atoms with E-state index in [1.807, 2.05) is 7.05 Å². The number of halogens is 3. The smallest absolute Gasteiger partial charge is 0.262 e. The first-order valence-electron chi connectivity index (χ1n) is 8.81. The predicted octanol–water partition coefficient (Wildman–Crippen LogP) is 2.82. The summed E-state index contributed by atoms with van der Waals surface area (Å²) in [6.45, 7) is 1.68. The molecule has 1 aromatic rings. The number of nitrogens with one attached hydrogen (secondary N) is 1. The molecule has 1 amide bonds. The van der Waals surface area contributed by atoms with Crippen LogP contribution in [0.15, 0.2) is 29.0 Å². The zero-order chi connectivity index (χ0) is 19.6. The molecule has 0 radical (unpaired) electrons. The number of carbonyl (C=O) groups excluding carboxylic acids is 2. The Morgan fingerprint density at radius 3 is 2.41 bits per heavy atom. The van der Waals surface area contributed by atoms with E-state index in [2.05, 4.69) is 15.2 Å². The Hall–Kier alpha value is -2.48. The van der Waals surface area contributed by atoms with Gasteiger partial charge in [-0.3, -0.25) is 9.59 Å². The molecule has 2 aliphatic rings. The van der Waals surface area contributed by atoms with Crippen LogP contribution in [0.4, 0.5) is 13.2 Å². The molecule has 144 valence electrons. The number of likely N-dealkylation sites (tertiary alicyclic amines) is 1. The normalized spacial score (nSPS) is 18.7. The van der Waals surface area contributed by atoms with Crippen LogP contribution >= 0.6 is 0 Å². The number of amides is 1. The highest BCUT2D eigenvalue weighted by Crippen LogP contribution is 2.21. The summed E-state index contributed by atoms with van der Waals surface area (Å²) < 4.78 is 40.5. The van der Waals surface area contributed by atoms with Crippen molar-refractivity contribution in [1.82, 2.24) is 10.2 Å². The Kier molecular flexibility index (Phi) is 5.74. The number of benzene rings is 1. The molecule has 0 unspecified atom stereocenters. The minimum Gasteiger partial charge on any atom is -0.307 e. The average Bonchev–Trinajstić information content (AvgIpc) is 2.61. The van der Waals surface area contributed by atoms with Crippen LogP contribution in [0.1, 0.15) is 36.0 Å². The molecule has 1 N–H and O–H groups in total. The molecule has 27 heavy (non-hydrogen) atoms. The Labute approximate surface area is 154 Å². The topological polar surface area (TPSA) is 61.8 Å². The van der Waals surface area contributed by atoms with Crippen LogP contribution in [0.3, 0.4) is 0 Å². The zero-order valence-electron chi connectivity index (χ0n) is 14.9. The fourth-order valence-corrected chi connectivity index (χ4v) is 3.29. The molecule has 0 aromatic heterocycles. The third-order valence-corrected chi connectivity index (χ3v) is 4.82. The van der Waals surface area contributed by atoms with Crippen molar-refractivity contribution < 1.29 is 22.8 Å².